The first-order valence-electron chi connectivity index (χ1n) is 12.5. The second-order valence-corrected chi connectivity index (χ2v) is 9.27. The highest BCUT2D eigenvalue weighted by atomic mass is 16.5. The molecule has 1 fully saturated rings. The van der Waals surface area contributed by atoms with Crippen molar-refractivity contribution >= 4 is 11.8 Å². The monoisotopic (exact) mass is 485 g/mol. The summed E-state index contributed by atoms with van der Waals surface area (Å²) in [4.78, 5) is 31.7. The highest BCUT2D eigenvalue weighted by molar-refractivity contribution is 5.97. The van der Waals surface area contributed by atoms with Gasteiger partial charge in [-0.1, -0.05) is 24.3 Å². The molecular formula is C28H31N5O3. The molecule has 2 amide bonds. The van der Waals surface area contributed by atoms with Gasteiger partial charge in [0.05, 0.1) is 0 Å². The molecule has 1 atom stereocenters. The highest BCUT2D eigenvalue weighted by Gasteiger charge is 2.36. The lowest BCUT2D eigenvalue weighted by Gasteiger charge is -2.37. The van der Waals surface area contributed by atoms with Crippen LogP contribution in [0.4, 0.5) is 0 Å². The number of hydrogen-bond donors (Lipinski definition) is 2. The Hall–Kier alpha value is -4.07. The van der Waals surface area contributed by atoms with Crippen LogP contribution in [0.5, 0.6) is 11.5 Å². The van der Waals surface area contributed by atoms with Gasteiger partial charge in [-0.2, -0.15) is 0 Å². The summed E-state index contributed by atoms with van der Waals surface area (Å²) in [6.45, 7) is 4.06. The lowest BCUT2D eigenvalue weighted by atomic mass is 9.81. The minimum atomic E-state index is -0.520. The molecule has 3 N–H and O–H groups in total. The zero-order valence-corrected chi connectivity index (χ0v) is 20.4. The Morgan fingerprint density at radius 3 is 2.39 bits per heavy atom. The van der Waals surface area contributed by atoms with E-state index in [9.17, 15) is 9.59 Å². The van der Waals surface area contributed by atoms with Gasteiger partial charge in [0.1, 0.15) is 23.0 Å². The number of primary amides is 1. The lowest BCUT2D eigenvalue weighted by molar-refractivity contribution is -0.127. The van der Waals surface area contributed by atoms with Crippen molar-refractivity contribution < 1.29 is 14.3 Å². The topological polar surface area (TPSA) is 102 Å². The van der Waals surface area contributed by atoms with Crippen LogP contribution in [0, 0.1) is 5.92 Å². The van der Waals surface area contributed by atoms with Gasteiger partial charge in [0, 0.05) is 31.1 Å². The summed E-state index contributed by atoms with van der Waals surface area (Å²) < 4.78 is 7.69. The molecule has 5 rings (SSSR count). The van der Waals surface area contributed by atoms with Gasteiger partial charge in [-0.25, -0.2) is 9.66 Å². The number of hydrogen-bond acceptors (Lipinski definition) is 5. The molecule has 36 heavy (non-hydrogen) atoms. The number of aromatic nitrogens is 2. The van der Waals surface area contributed by atoms with Gasteiger partial charge in [-0.15, -0.1) is 0 Å². The van der Waals surface area contributed by atoms with E-state index in [1.54, 1.807) is 16.8 Å². The van der Waals surface area contributed by atoms with E-state index < -0.39 is 5.91 Å². The Labute approximate surface area is 210 Å². The minimum Gasteiger partial charge on any atom is -0.457 e. The molecule has 1 saturated heterocycles. The fourth-order valence-electron chi connectivity index (χ4n) is 5.26. The summed E-state index contributed by atoms with van der Waals surface area (Å²) in [5.74, 6) is 2.42. The van der Waals surface area contributed by atoms with Crippen LogP contribution in [0.25, 0.3) is 11.3 Å². The Kier molecular flexibility index (Phi) is 6.75. The molecule has 0 spiro atoms. The number of amides is 2. The second kappa shape index (κ2) is 10.3. The third kappa shape index (κ3) is 4.71. The number of nitrogens with two attached hydrogens (primary N) is 1. The molecule has 1 unspecified atom stereocenters. The first-order valence-corrected chi connectivity index (χ1v) is 12.5. The summed E-state index contributed by atoms with van der Waals surface area (Å²) in [6, 6.07) is 17.1. The average molecular weight is 486 g/mol. The van der Waals surface area contributed by atoms with Gasteiger partial charge < -0.3 is 20.8 Å². The van der Waals surface area contributed by atoms with Crippen LogP contribution in [0.1, 0.15) is 48.4 Å². The maximum Gasteiger partial charge on any atom is 0.269 e. The number of benzene rings is 2. The van der Waals surface area contributed by atoms with Crippen molar-refractivity contribution in [2.24, 2.45) is 11.7 Å². The van der Waals surface area contributed by atoms with Crippen LogP contribution in [0.15, 0.2) is 66.7 Å². The molecule has 2 aliphatic rings. The van der Waals surface area contributed by atoms with Crippen molar-refractivity contribution in [1.82, 2.24) is 14.6 Å². The number of carbonyl (C=O) groups excluding carboxylic acids is 2. The molecule has 0 aliphatic carbocycles. The van der Waals surface area contributed by atoms with Crippen molar-refractivity contribution in [3.8, 4) is 22.8 Å². The Bertz CT molecular complexity index is 1260. The molecule has 0 bridgehead atoms. The highest BCUT2D eigenvalue weighted by Crippen LogP contribution is 2.39. The van der Waals surface area contributed by atoms with Gasteiger partial charge in [0.15, 0.2) is 5.69 Å². The smallest absolute Gasteiger partial charge is 0.269 e. The van der Waals surface area contributed by atoms with Gasteiger partial charge in [0.25, 0.3) is 5.91 Å². The SMILES string of the molecule is C/C=C/C(=O)N1CCC(C2CCNn3c2nc(-c2ccc(Oc4ccccc4)cc2)c3C(N)=O)CC1. The molecule has 8 nitrogen and oxygen atoms in total. The van der Waals surface area contributed by atoms with E-state index >= 15 is 0 Å². The number of carbonyl (C=O) groups is 2. The molecule has 2 aromatic carbocycles. The molecule has 3 heterocycles. The van der Waals surface area contributed by atoms with E-state index in [-0.39, 0.29) is 11.8 Å². The number of para-hydroxylation sites is 1. The maximum absolute atomic E-state index is 12.5. The van der Waals surface area contributed by atoms with Crippen molar-refractivity contribution in [1.29, 1.82) is 0 Å². The summed E-state index contributed by atoms with van der Waals surface area (Å²) >= 11 is 0. The van der Waals surface area contributed by atoms with Crippen LogP contribution < -0.4 is 15.9 Å². The Balaban J connectivity index is 1.39. The number of imidazole rings is 1. The molecule has 2 aliphatic heterocycles. The van der Waals surface area contributed by atoms with E-state index in [1.165, 1.54) is 0 Å². The first-order chi connectivity index (χ1) is 17.5. The van der Waals surface area contributed by atoms with Crippen molar-refractivity contribution in [3.05, 3.63) is 78.3 Å². The molecule has 0 radical (unpaired) electrons. The average Bonchev–Trinajstić information content (AvgIpc) is 3.30. The van der Waals surface area contributed by atoms with Gasteiger partial charge >= 0.3 is 0 Å². The number of piperidine rings is 1. The number of rotatable bonds is 6. The summed E-state index contributed by atoms with van der Waals surface area (Å²) in [5, 5.41) is 0. The third-order valence-corrected chi connectivity index (χ3v) is 7.03. The molecule has 0 saturated carbocycles. The van der Waals surface area contributed by atoms with Crippen molar-refractivity contribution in [3.63, 3.8) is 0 Å². The van der Waals surface area contributed by atoms with Gasteiger partial charge in [-0.05, 0) is 74.6 Å². The molecule has 1 aromatic heterocycles. The lowest BCUT2D eigenvalue weighted by Crippen LogP contribution is -2.41. The number of fused-ring (bicyclic) bond motifs is 1. The van der Waals surface area contributed by atoms with Crippen LogP contribution in [0.3, 0.4) is 0 Å². The Morgan fingerprint density at radius 2 is 1.72 bits per heavy atom. The van der Waals surface area contributed by atoms with E-state index in [1.807, 2.05) is 66.4 Å². The molecule has 186 valence electrons. The van der Waals surface area contributed by atoms with Gasteiger partial charge in [0.2, 0.25) is 5.91 Å². The standard InChI is InChI=1S/C28H31N5O3/c1-2-6-24(34)32-17-14-19(15-18-32)23-13-16-30-33-26(27(29)35)25(31-28(23)33)20-9-11-22(12-10-20)36-21-7-4-3-5-8-21/h2-12,19,23,30H,13-18H2,1H3,(H2,29,35)/b6-2+. The van der Waals surface area contributed by atoms with Crippen molar-refractivity contribution in [2.45, 2.75) is 32.1 Å². The first kappa shape index (κ1) is 23.7. The number of nitrogens with zero attached hydrogens (tertiary/aromatic N) is 3. The van der Waals surface area contributed by atoms with E-state index in [4.69, 9.17) is 15.5 Å². The minimum absolute atomic E-state index is 0.0701. The number of allylic oxidation sites excluding steroid dienone is 1. The third-order valence-electron chi connectivity index (χ3n) is 7.03. The fourth-order valence-corrected chi connectivity index (χ4v) is 5.26. The fraction of sp³-hybridized carbons (Fsp3) is 0.321. The molecule has 8 heteroatoms. The molecular weight excluding hydrogens is 454 g/mol. The number of likely N-dealkylation sites (tertiary alicyclic amines) is 1. The van der Waals surface area contributed by atoms with E-state index in [0.29, 0.717) is 23.1 Å². The predicted octanol–water partition coefficient (Wildman–Crippen LogP) is 4.29. The van der Waals surface area contributed by atoms with Crippen LogP contribution in [-0.2, 0) is 4.79 Å². The van der Waals surface area contributed by atoms with E-state index in [2.05, 4.69) is 5.43 Å². The Morgan fingerprint density at radius 1 is 1.03 bits per heavy atom. The largest absolute Gasteiger partial charge is 0.457 e. The summed E-state index contributed by atoms with van der Waals surface area (Å²) in [7, 11) is 0. The van der Waals surface area contributed by atoms with Crippen LogP contribution in [-0.4, -0.2) is 46.0 Å². The second-order valence-electron chi connectivity index (χ2n) is 9.27. The van der Waals surface area contributed by atoms with Crippen LogP contribution >= 0.6 is 0 Å². The van der Waals surface area contributed by atoms with Gasteiger partial charge in [-0.3, -0.25) is 9.59 Å². The molecule has 3 aromatic rings. The maximum atomic E-state index is 12.5. The zero-order chi connectivity index (χ0) is 25.1. The number of ether oxygens (including phenoxy) is 1. The normalized spacial score (nSPS) is 18.0. The van der Waals surface area contributed by atoms with E-state index in [0.717, 1.165) is 56.0 Å². The zero-order valence-electron chi connectivity index (χ0n) is 20.4. The quantitative estimate of drug-likeness (QED) is 0.507. The number of nitrogens with one attached hydrogen (secondary N) is 1. The predicted molar refractivity (Wildman–Crippen MR) is 138 cm³/mol. The summed E-state index contributed by atoms with van der Waals surface area (Å²) in [6.07, 6.45) is 6.15. The van der Waals surface area contributed by atoms with Crippen molar-refractivity contribution in [2.75, 3.05) is 25.1 Å². The van der Waals surface area contributed by atoms with Crippen LogP contribution in [0.2, 0.25) is 0 Å². The summed E-state index contributed by atoms with van der Waals surface area (Å²) in [5.41, 5.74) is 10.9.